The highest BCUT2D eigenvalue weighted by Gasteiger charge is 2.33. The molecule has 0 aliphatic carbocycles. The van der Waals surface area contributed by atoms with Crippen molar-refractivity contribution in [3.63, 3.8) is 0 Å². The van der Waals surface area contributed by atoms with Gasteiger partial charge < -0.3 is 9.72 Å². The summed E-state index contributed by atoms with van der Waals surface area (Å²) in [7, 11) is 0. The lowest BCUT2D eigenvalue weighted by Gasteiger charge is -2.35. The van der Waals surface area contributed by atoms with Gasteiger partial charge in [0.25, 0.3) is 5.56 Å². The molecule has 180 valence electrons. The number of tetrazole rings is 1. The van der Waals surface area contributed by atoms with E-state index in [-0.39, 0.29) is 17.7 Å². The summed E-state index contributed by atoms with van der Waals surface area (Å²) < 4.78 is 7.71. The summed E-state index contributed by atoms with van der Waals surface area (Å²) in [6, 6.07) is 14.4. The van der Waals surface area contributed by atoms with E-state index in [9.17, 15) is 4.79 Å². The first kappa shape index (κ1) is 22.1. The number of benzene rings is 2. The van der Waals surface area contributed by atoms with Gasteiger partial charge in [0.2, 0.25) is 0 Å². The average Bonchev–Trinajstić information content (AvgIpc) is 3.53. The van der Waals surface area contributed by atoms with Crippen LogP contribution in [0.1, 0.15) is 52.5 Å². The number of H-pyrrole nitrogens is 1. The molecule has 0 radical (unpaired) electrons. The van der Waals surface area contributed by atoms with Crippen LogP contribution in [0.4, 0.5) is 0 Å². The smallest absolute Gasteiger partial charge is 0.253 e. The number of aromatic amines is 1. The molecule has 6 rings (SSSR count). The molecule has 0 amide bonds. The third kappa shape index (κ3) is 4.17. The molecular weight excluding hydrogens is 440 g/mol. The SMILES string of the molecule is Cc1cc(C)c2[nH]c(=O)c([C@@H](c3nnnn3C[C@@H]3CCCO3)N3CCc4ccccc4C3)cc2c1. The molecule has 8 heteroatoms. The number of hydrogen-bond donors (Lipinski definition) is 1. The van der Waals surface area contributed by atoms with Crippen LogP contribution in [-0.4, -0.2) is 49.3 Å². The van der Waals surface area contributed by atoms with Crippen molar-refractivity contribution in [1.29, 1.82) is 0 Å². The first-order valence-electron chi connectivity index (χ1n) is 12.4. The van der Waals surface area contributed by atoms with E-state index in [1.54, 1.807) is 0 Å². The molecule has 0 bridgehead atoms. The molecule has 4 aromatic rings. The van der Waals surface area contributed by atoms with E-state index in [0.29, 0.717) is 17.9 Å². The Kier molecular flexibility index (Phi) is 5.70. The normalized spacial score (nSPS) is 19.2. The maximum atomic E-state index is 13.6. The van der Waals surface area contributed by atoms with Gasteiger partial charge in [-0.15, -0.1) is 5.10 Å². The number of nitrogens with one attached hydrogen (secondary N) is 1. The zero-order chi connectivity index (χ0) is 23.9. The summed E-state index contributed by atoms with van der Waals surface area (Å²) in [6.07, 6.45) is 3.07. The number of hydrogen-bond acceptors (Lipinski definition) is 6. The second kappa shape index (κ2) is 9.02. The quantitative estimate of drug-likeness (QED) is 0.481. The average molecular weight is 471 g/mol. The fraction of sp³-hybridized carbons (Fsp3) is 0.407. The summed E-state index contributed by atoms with van der Waals surface area (Å²) >= 11 is 0. The summed E-state index contributed by atoms with van der Waals surface area (Å²) in [5.41, 5.74) is 6.33. The zero-order valence-electron chi connectivity index (χ0n) is 20.2. The van der Waals surface area contributed by atoms with Crippen LogP contribution in [0.2, 0.25) is 0 Å². The van der Waals surface area contributed by atoms with Crippen LogP contribution >= 0.6 is 0 Å². The number of rotatable bonds is 5. The van der Waals surface area contributed by atoms with Gasteiger partial charge in [-0.3, -0.25) is 9.69 Å². The Morgan fingerprint density at radius 2 is 2.03 bits per heavy atom. The number of aromatic nitrogens is 5. The minimum atomic E-state index is -0.367. The molecule has 2 aromatic carbocycles. The van der Waals surface area contributed by atoms with Gasteiger partial charge in [0, 0.05) is 25.3 Å². The minimum absolute atomic E-state index is 0.0972. The molecule has 0 saturated carbocycles. The Morgan fingerprint density at radius 1 is 1.17 bits per heavy atom. The maximum absolute atomic E-state index is 13.6. The van der Waals surface area contributed by atoms with Crippen LogP contribution in [-0.2, 0) is 24.2 Å². The second-order valence-corrected chi connectivity index (χ2v) is 9.85. The monoisotopic (exact) mass is 470 g/mol. The topological polar surface area (TPSA) is 88.9 Å². The molecule has 0 unspecified atom stereocenters. The Bertz CT molecular complexity index is 1440. The van der Waals surface area contributed by atoms with Crippen molar-refractivity contribution in [3.05, 3.63) is 86.5 Å². The standard InChI is InChI=1S/C27H30N6O2/c1-17-12-18(2)24-21(13-17)14-23(27(34)28-24)25(32-10-9-19-6-3-4-7-20(19)15-32)26-29-30-31-33(26)16-22-8-5-11-35-22/h3-4,6-7,12-14,22,25H,5,8-11,15-16H2,1-2H3,(H,28,34)/t22-,25-/m0/s1. The largest absolute Gasteiger partial charge is 0.376 e. The Morgan fingerprint density at radius 3 is 2.86 bits per heavy atom. The van der Waals surface area contributed by atoms with E-state index in [1.807, 2.05) is 17.7 Å². The predicted octanol–water partition coefficient (Wildman–Crippen LogP) is 3.46. The Labute approximate surface area is 203 Å². The molecule has 1 saturated heterocycles. The van der Waals surface area contributed by atoms with Crippen molar-refractivity contribution in [2.45, 2.75) is 58.3 Å². The van der Waals surface area contributed by atoms with Gasteiger partial charge in [0.1, 0.15) is 6.04 Å². The lowest BCUT2D eigenvalue weighted by molar-refractivity contribution is 0.0904. The third-order valence-corrected chi connectivity index (χ3v) is 7.35. The van der Waals surface area contributed by atoms with E-state index in [0.717, 1.165) is 55.4 Å². The van der Waals surface area contributed by atoms with Crippen molar-refractivity contribution in [2.24, 2.45) is 0 Å². The maximum Gasteiger partial charge on any atom is 0.253 e. The summed E-state index contributed by atoms with van der Waals surface area (Å²) in [4.78, 5) is 19.1. The lowest BCUT2D eigenvalue weighted by atomic mass is 9.95. The van der Waals surface area contributed by atoms with Crippen molar-refractivity contribution < 1.29 is 4.74 Å². The van der Waals surface area contributed by atoms with Gasteiger partial charge in [-0.25, -0.2) is 4.68 Å². The van der Waals surface area contributed by atoms with Gasteiger partial charge in [0.15, 0.2) is 5.82 Å². The molecule has 8 nitrogen and oxygen atoms in total. The van der Waals surface area contributed by atoms with Crippen molar-refractivity contribution in [1.82, 2.24) is 30.1 Å². The van der Waals surface area contributed by atoms with Crippen LogP contribution in [0.3, 0.4) is 0 Å². The molecule has 2 aromatic heterocycles. The van der Waals surface area contributed by atoms with E-state index >= 15 is 0 Å². The molecule has 0 spiro atoms. The lowest BCUT2D eigenvalue weighted by Crippen LogP contribution is -2.39. The first-order valence-corrected chi connectivity index (χ1v) is 12.4. The van der Waals surface area contributed by atoms with Crippen LogP contribution in [0.15, 0.2) is 47.3 Å². The Hall–Kier alpha value is -3.36. The van der Waals surface area contributed by atoms with Crippen molar-refractivity contribution in [2.75, 3.05) is 13.2 Å². The molecule has 1 N–H and O–H groups in total. The number of fused-ring (bicyclic) bond motifs is 2. The van der Waals surface area contributed by atoms with E-state index < -0.39 is 0 Å². The van der Waals surface area contributed by atoms with Crippen LogP contribution in [0.25, 0.3) is 10.9 Å². The van der Waals surface area contributed by atoms with Gasteiger partial charge >= 0.3 is 0 Å². The molecule has 35 heavy (non-hydrogen) atoms. The minimum Gasteiger partial charge on any atom is -0.376 e. The van der Waals surface area contributed by atoms with E-state index in [1.165, 1.54) is 16.7 Å². The fourth-order valence-corrected chi connectivity index (χ4v) is 5.66. The van der Waals surface area contributed by atoms with Gasteiger partial charge in [-0.1, -0.05) is 35.9 Å². The third-order valence-electron chi connectivity index (χ3n) is 7.35. The molecule has 4 heterocycles. The Balaban J connectivity index is 1.48. The van der Waals surface area contributed by atoms with Gasteiger partial charge in [0.05, 0.1) is 18.2 Å². The summed E-state index contributed by atoms with van der Waals surface area (Å²) in [5.74, 6) is 0.689. The fourth-order valence-electron chi connectivity index (χ4n) is 5.66. The molecule has 2 aliphatic rings. The second-order valence-electron chi connectivity index (χ2n) is 9.85. The molecule has 2 aliphatic heterocycles. The van der Waals surface area contributed by atoms with E-state index in [2.05, 4.69) is 68.7 Å². The zero-order valence-corrected chi connectivity index (χ0v) is 20.2. The predicted molar refractivity (Wildman–Crippen MR) is 133 cm³/mol. The van der Waals surface area contributed by atoms with Crippen molar-refractivity contribution >= 4 is 10.9 Å². The highest BCUT2D eigenvalue weighted by Crippen LogP contribution is 2.32. The highest BCUT2D eigenvalue weighted by atomic mass is 16.5. The number of aryl methyl sites for hydroxylation is 2. The number of ether oxygens (including phenoxy) is 1. The number of nitrogens with zero attached hydrogens (tertiary/aromatic N) is 5. The first-order chi connectivity index (χ1) is 17.1. The van der Waals surface area contributed by atoms with E-state index in [4.69, 9.17) is 4.74 Å². The van der Waals surface area contributed by atoms with Crippen LogP contribution in [0.5, 0.6) is 0 Å². The van der Waals surface area contributed by atoms with Crippen LogP contribution < -0.4 is 5.56 Å². The molecule has 2 atom stereocenters. The van der Waals surface area contributed by atoms with Gasteiger partial charge in [-0.2, -0.15) is 0 Å². The van der Waals surface area contributed by atoms with Gasteiger partial charge in [-0.05, 0) is 77.7 Å². The van der Waals surface area contributed by atoms with Crippen LogP contribution in [0, 0.1) is 13.8 Å². The number of pyridine rings is 1. The molecular formula is C27H30N6O2. The molecule has 1 fully saturated rings. The summed E-state index contributed by atoms with van der Waals surface area (Å²) in [6.45, 7) is 7.03. The highest BCUT2D eigenvalue weighted by molar-refractivity contribution is 5.83. The summed E-state index contributed by atoms with van der Waals surface area (Å²) in [5, 5.41) is 13.9. The van der Waals surface area contributed by atoms with Crippen molar-refractivity contribution in [3.8, 4) is 0 Å².